The standard InChI is InChI=1S/C25H36N4O2/c1-19(2)8-7-9-20(3)18-28-16-13-21(14-17-28)29-24(12-15-26-29)27-25(30)22-10-5-6-11-23(22)31-4/h5-6,8,10-12,15,20-21H,7,9,13-14,16-18H2,1-4H3,(H,27,30)/t20-/m0/s1. The first-order chi connectivity index (χ1) is 15.0. The van der Waals surface area contributed by atoms with E-state index in [0.29, 0.717) is 23.3 Å². The summed E-state index contributed by atoms with van der Waals surface area (Å²) in [5, 5.41) is 7.53. The van der Waals surface area contributed by atoms with Crippen molar-refractivity contribution >= 4 is 11.7 Å². The number of ether oxygens (including phenoxy) is 1. The maximum atomic E-state index is 12.8. The van der Waals surface area contributed by atoms with Gasteiger partial charge in [-0.3, -0.25) is 4.79 Å². The van der Waals surface area contributed by atoms with Gasteiger partial charge in [0.15, 0.2) is 0 Å². The molecule has 1 aromatic heterocycles. The SMILES string of the molecule is COc1ccccc1C(=O)Nc1ccnn1C1CCN(C[C@@H](C)CCC=C(C)C)CC1. The first kappa shape index (κ1) is 23.1. The Hall–Kier alpha value is -2.60. The second kappa shape index (κ2) is 11.1. The maximum absolute atomic E-state index is 12.8. The fourth-order valence-electron chi connectivity index (χ4n) is 4.26. The molecule has 0 bridgehead atoms. The molecule has 0 spiro atoms. The first-order valence-corrected chi connectivity index (χ1v) is 11.3. The number of carbonyl (C=O) groups is 1. The van der Waals surface area contributed by atoms with Crippen molar-refractivity contribution in [2.75, 3.05) is 32.1 Å². The largest absolute Gasteiger partial charge is 0.496 e. The summed E-state index contributed by atoms with van der Waals surface area (Å²) in [7, 11) is 1.58. The Labute approximate surface area is 186 Å². The van der Waals surface area contributed by atoms with Crippen LogP contribution in [0.1, 0.15) is 62.9 Å². The number of hydrogen-bond acceptors (Lipinski definition) is 4. The molecule has 1 N–H and O–H groups in total. The second-order valence-electron chi connectivity index (χ2n) is 8.81. The van der Waals surface area contributed by atoms with Crippen LogP contribution in [0.3, 0.4) is 0 Å². The van der Waals surface area contributed by atoms with Crippen LogP contribution in [0.15, 0.2) is 48.2 Å². The number of likely N-dealkylation sites (tertiary alicyclic amines) is 1. The third-order valence-electron chi connectivity index (χ3n) is 5.95. The Morgan fingerprint density at radius 2 is 2.00 bits per heavy atom. The summed E-state index contributed by atoms with van der Waals surface area (Å²) in [6.07, 6.45) is 8.59. The normalized spacial score (nSPS) is 16.0. The summed E-state index contributed by atoms with van der Waals surface area (Å²) in [5.41, 5.74) is 1.93. The summed E-state index contributed by atoms with van der Waals surface area (Å²) in [6, 6.07) is 9.43. The predicted molar refractivity (Wildman–Crippen MR) is 126 cm³/mol. The molecule has 1 atom stereocenters. The minimum absolute atomic E-state index is 0.179. The number of rotatable bonds is 9. The van der Waals surface area contributed by atoms with Gasteiger partial charge < -0.3 is 15.0 Å². The first-order valence-electron chi connectivity index (χ1n) is 11.3. The van der Waals surface area contributed by atoms with Crippen LogP contribution in [0, 0.1) is 5.92 Å². The average molecular weight is 425 g/mol. The fourth-order valence-corrected chi connectivity index (χ4v) is 4.26. The zero-order valence-electron chi connectivity index (χ0n) is 19.3. The highest BCUT2D eigenvalue weighted by Gasteiger charge is 2.24. The van der Waals surface area contributed by atoms with Crippen LogP contribution in [0.2, 0.25) is 0 Å². The number of hydrogen-bond donors (Lipinski definition) is 1. The van der Waals surface area contributed by atoms with Crippen molar-refractivity contribution in [3.8, 4) is 5.75 Å². The number of carbonyl (C=O) groups excluding carboxylic acids is 1. The lowest BCUT2D eigenvalue weighted by Crippen LogP contribution is -2.37. The van der Waals surface area contributed by atoms with Crippen LogP contribution < -0.4 is 10.1 Å². The van der Waals surface area contributed by atoms with Crippen molar-refractivity contribution in [3.05, 3.63) is 53.7 Å². The van der Waals surface area contributed by atoms with Crippen LogP contribution in [0.5, 0.6) is 5.75 Å². The quantitative estimate of drug-likeness (QED) is 0.565. The van der Waals surface area contributed by atoms with Crippen LogP contribution in [-0.4, -0.2) is 47.3 Å². The van der Waals surface area contributed by atoms with Crippen molar-refractivity contribution in [1.29, 1.82) is 0 Å². The summed E-state index contributed by atoms with van der Waals surface area (Å²) in [4.78, 5) is 15.4. The molecule has 1 fully saturated rings. The molecule has 6 heteroatoms. The lowest BCUT2D eigenvalue weighted by molar-refractivity contribution is 0.102. The van der Waals surface area contributed by atoms with E-state index in [0.717, 1.165) is 38.3 Å². The van der Waals surface area contributed by atoms with Crippen molar-refractivity contribution < 1.29 is 9.53 Å². The van der Waals surface area contributed by atoms with Gasteiger partial charge in [-0.05, 0) is 57.6 Å². The number of methoxy groups -OCH3 is 1. The molecule has 0 unspecified atom stereocenters. The molecule has 1 aromatic carbocycles. The smallest absolute Gasteiger partial charge is 0.260 e. The van der Waals surface area contributed by atoms with Gasteiger partial charge in [-0.25, -0.2) is 4.68 Å². The van der Waals surface area contributed by atoms with Crippen LogP contribution >= 0.6 is 0 Å². The molecule has 6 nitrogen and oxygen atoms in total. The molecule has 0 aliphatic carbocycles. The van der Waals surface area contributed by atoms with E-state index >= 15 is 0 Å². The topological polar surface area (TPSA) is 59.4 Å². The average Bonchev–Trinajstić information content (AvgIpc) is 3.22. The van der Waals surface area contributed by atoms with E-state index in [1.807, 2.05) is 22.9 Å². The number of piperidine rings is 1. The van der Waals surface area contributed by atoms with E-state index in [1.54, 1.807) is 25.4 Å². The fraction of sp³-hybridized carbons (Fsp3) is 0.520. The van der Waals surface area contributed by atoms with E-state index in [4.69, 9.17) is 4.74 Å². The number of amides is 1. The number of para-hydroxylation sites is 1. The van der Waals surface area contributed by atoms with E-state index < -0.39 is 0 Å². The number of benzene rings is 1. The highest BCUT2D eigenvalue weighted by Crippen LogP contribution is 2.27. The summed E-state index contributed by atoms with van der Waals surface area (Å²) >= 11 is 0. The second-order valence-corrected chi connectivity index (χ2v) is 8.81. The molecular weight excluding hydrogens is 388 g/mol. The van der Waals surface area contributed by atoms with Crippen LogP contribution in [-0.2, 0) is 0 Å². The lowest BCUT2D eigenvalue weighted by atomic mass is 10.0. The monoisotopic (exact) mass is 424 g/mol. The van der Waals surface area contributed by atoms with Gasteiger partial charge in [-0.2, -0.15) is 5.10 Å². The minimum atomic E-state index is -0.179. The molecule has 1 aliphatic heterocycles. The third-order valence-corrected chi connectivity index (χ3v) is 5.95. The Balaban J connectivity index is 1.54. The Kier molecular flexibility index (Phi) is 8.29. The Bertz CT molecular complexity index is 877. The highest BCUT2D eigenvalue weighted by molar-refractivity contribution is 6.05. The number of aromatic nitrogens is 2. The number of anilines is 1. The molecule has 31 heavy (non-hydrogen) atoms. The molecule has 2 heterocycles. The van der Waals surface area contributed by atoms with Gasteiger partial charge in [0.25, 0.3) is 5.91 Å². The summed E-state index contributed by atoms with van der Waals surface area (Å²) in [5.74, 6) is 1.83. The molecule has 0 radical (unpaired) electrons. The summed E-state index contributed by atoms with van der Waals surface area (Å²) < 4.78 is 7.29. The van der Waals surface area contributed by atoms with Gasteiger partial charge in [-0.15, -0.1) is 0 Å². The van der Waals surface area contributed by atoms with Gasteiger partial charge in [0.2, 0.25) is 0 Å². The minimum Gasteiger partial charge on any atom is -0.496 e. The molecule has 2 aromatic rings. The maximum Gasteiger partial charge on any atom is 0.260 e. The Morgan fingerprint density at radius 1 is 1.26 bits per heavy atom. The van der Waals surface area contributed by atoms with Crippen molar-refractivity contribution in [2.24, 2.45) is 5.92 Å². The van der Waals surface area contributed by atoms with Crippen LogP contribution in [0.4, 0.5) is 5.82 Å². The van der Waals surface area contributed by atoms with Gasteiger partial charge in [-0.1, -0.05) is 30.7 Å². The van der Waals surface area contributed by atoms with Crippen molar-refractivity contribution in [1.82, 2.24) is 14.7 Å². The number of nitrogens with one attached hydrogen (secondary N) is 1. The lowest BCUT2D eigenvalue weighted by Gasteiger charge is -2.34. The van der Waals surface area contributed by atoms with E-state index in [2.05, 4.69) is 42.2 Å². The third kappa shape index (κ3) is 6.44. The van der Waals surface area contributed by atoms with Gasteiger partial charge in [0.1, 0.15) is 11.6 Å². The number of allylic oxidation sites excluding steroid dienone is 2. The molecular formula is C25H36N4O2. The molecule has 168 valence electrons. The number of nitrogens with zero attached hydrogens (tertiary/aromatic N) is 3. The van der Waals surface area contributed by atoms with E-state index in [1.165, 1.54) is 18.4 Å². The summed E-state index contributed by atoms with van der Waals surface area (Å²) in [6.45, 7) is 9.97. The molecule has 1 amide bonds. The zero-order chi connectivity index (χ0) is 22.2. The van der Waals surface area contributed by atoms with E-state index in [9.17, 15) is 4.79 Å². The molecule has 1 saturated heterocycles. The van der Waals surface area contributed by atoms with E-state index in [-0.39, 0.29) is 5.91 Å². The Morgan fingerprint density at radius 3 is 2.71 bits per heavy atom. The predicted octanol–water partition coefficient (Wildman–Crippen LogP) is 5.16. The van der Waals surface area contributed by atoms with Crippen LogP contribution in [0.25, 0.3) is 0 Å². The van der Waals surface area contributed by atoms with Gasteiger partial charge >= 0.3 is 0 Å². The molecule has 3 rings (SSSR count). The van der Waals surface area contributed by atoms with Crippen molar-refractivity contribution in [3.63, 3.8) is 0 Å². The zero-order valence-corrected chi connectivity index (χ0v) is 19.3. The van der Waals surface area contributed by atoms with Gasteiger partial charge in [0, 0.05) is 25.7 Å². The van der Waals surface area contributed by atoms with Gasteiger partial charge in [0.05, 0.1) is 24.9 Å². The van der Waals surface area contributed by atoms with Crippen molar-refractivity contribution in [2.45, 2.75) is 52.5 Å². The molecule has 0 saturated carbocycles. The highest BCUT2D eigenvalue weighted by atomic mass is 16.5. The molecule has 1 aliphatic rings.